The molecule has 3 aliphatic carbocycles. The Hall–Kier alpha value is -1.92. The number of cyclic esters (lactones) is 1. The van der Waals surface area contributed by atoms with Gasteiger partial charge in [0.2, 0.25) is 11.7 Å². The van der Waals surface area contributed by atoms with Gasteiger partial charge in [0.25, 0.3) is 0 Å². The van der Waals surface area contributed by atoms with E-state index in [4.69, 9.17) is 18.8 Å². The second-order valence-corrected chi connectivity index (χ2v) is 12.7. The molecule has 1 aromatic carbocycles. The van der Waals surface area contributed by atoms with Crippen molar-refractivity contribution in [1.82, 2.24) is 5.32 Å². The highest BCUT2D eigenvalue weighted by molar-refractivity contribution is 8.00. The number of carbonyl (C=O) groups excluding carboxylic acids is 2. The number of rotatable bonds is 6. The Kier molecular flexibility index (Phi) is 6.35. The molecular weight excluding hydrogens is 510 g/mol. The summed E-state index contributed by atoms with van der Waals surface area (Å²) in [5, 5.41) is 2.71. The number of carbonyl (C=O) groups is 2. The van der Waals surface area contributed by atoms with Gasteiger partial charge in [0.15, 0.2) is 0 Å². The highest BCUT2D eigenvalue weighted by Gasteiger charge is 2.68. The summed E-state index contributed by atoms with van der Waals surface area (Å²) in [5.41, 5.74) is -4.16. The summed E-state index contributed by atoms with van der Waals surface area (Å²) in [7, 11) is -0.871. The van der Waals surface area contributed by atoms with E-state index in [9.17, 15) is 22.8 Å². The van der Waals surface area contributed by atoms with Gasteiger partial charge in [-0.25, -0.2) is 4.79 Å². The largest absolute Gasteiger partial charge is 0.482 e. The Morgan fingerprint density at radius 3 is 2.59 bits per heavy atom. The van der Waals surface area contributed by atoms with Gasteiger partial charge in [-0.05, 0) is 66.8 Å². The average molecular weight is 541 g/mol. The third kappa shape index (κ3) is 4.85. The first kappa shape index (κ1) is 26.7. The van der Waals surface area contributed by atoms with Gasteiger partial charge in [0.1, 0.15) is 11.3 Å². The van der Waals surface area contributed by atoms with Crippen molar-refractivity contribution in [2.75, 3.05) is 5.75 Å². The molecule has 7 nitrogen and oxygen atoms in total. The van der Waals surface area contributed by atoms with E-state index < -0.39 is 59.3 Å². The van der Waals surface area contributed by atoms with Gasteiger partial charge < -0.3 is 24.1 Å². The van der Waals surface area contributed by atoms with Gasteiger partial charge in [0.05, 0.1) is 23.4 Å². The maximum atomic E-state index is 12.7. The number of para-hydroxylation sites is 1. The highest BCUT2D eigenvalue weighted by Crippen LogP contribution is 2.65. The summed E-state index contributed by atoms with van der Waals surface area (Å²) < 4.78 is 62.4. The van der Waals surface area contributed by atoms with Gasteiger partial charge in [-0.15, -0.1) is 0 Å². The van der Waals surface area contributed by atoms with Crippen molar-refractivity contribution in [3.63, 3.8) is 0 Å². The number of alkyl halides is 3. The maximum absolute atomic E-state index is 12.7. The highest BCUT2D eigenvalue weighted by atomic mass is 32.2. The fourth-order valence-electron chi connectivity index (χ4n) is 6.49. The molecule has 6 rings (SSSR count). The van der Waals surface area contributed by atoms with Crippen LogP contribution >= 0.6 is 11.8 Å². The molecule has 202 valence electrons. The zero-order chi connectivity index (χ0) is 27.0. The zero-order valence-corrected chi connectivity index (χ0v) is 22.3. The summed E-state index contributed by atoms with van der Waals surface area (Å²) in [6.45, 7) is 9.71. The number of esters is 1. The first-order chi connectivity index (χ1) is 17.1. The molecule has 0 radical (unpaired) electrons. The zero-order valence-electron chi connectivity index (χ0n) is 21.4. The van der Waals surface area contributed by atoms with Crippen molar-refractivity contribution in [3.05, 3.63) is 29.3 Å². The normalized spacial score (nSPS) is 31.8. The number of nitrogens with one attached hydrogen (secondary N) is 1. The predicted molar refractivity (Wildman–Crippen MR) is 131 cm³/mol. The van der Waals surface area contributed by atoms with Crippen LogP contribution in [0.2, 0.25) is 0 Å². The van der Waals surface area contributed by atoms with Gasteiger partial charge in [0, 0.05) is 13.8 Å². The van der Waals surface area contributed by atoms with Crippen molar-refractivity contribution in [1.29, 1.82) is 0 Å². The minimum atomic E-state index is -4.53. The van der Waals surface area contributed by atoms with Crippen LogP contribution in [0.1, 0.15) is 63.4 Å². The minimum Gasteiger partial charge on any atom is -0.452 e. The van der Waals surface area contributed by atoms with Crippen LogP contribution in [0.4, 0.5) is 13.2 Å². The molecule has 3 saturated carbocycles. The number of fused-ring (bicyclic) bond motifs is 1. The van der Waals surface area contributed by atoms with Crippen molar-refractivity contribution in [2.45, 2.75) is 82.8 Å². The van der Waals surface area contributed by atoms with E-state index in [1.54, 1.807) is 32.0 Å². The van der Waals surface area contributed by atoms with Crippen LogP contribution in [0.3, 0.4) is 0 Å². The summed E-state index contributed by atoms with van der Waals surface area (Å²) in [4.78, 5) is 25.1. The molecule has 2 aliphatic heterocycles. The Labute approximate surface area is 218 Å². The van der Waals surface area contributed by atoms with Gasteiger partial charge in [-0.1, -0.05) is 26.0 Å². The number of hydrogen-bond donors (Lipinski definition) is 1. The van der Waals surface area contributed by atoms with Crippen LogP contribution in [0.25, 0.3) is 0 Å². The lowest BCUT2D eigenvalue weighted by Gasteiger charge is -2.64. The topological polar surface area (TPSA) is 83.1 Å². The minimum absolute atomic E-state index is 0.101. The summed E-state index contributed by atoms with van der Waals surface area (Å²) in [6, 6.07) is 5.00. The van der Waals surface area contributed by atoms with Crippen LogP contribution in [0.15, 0.2) is 18.2 Å². The molecule has 0 aromatic heterocycles. The predicted octanol–water partition coefficient (Wildman–Crippen LogP) is 4.52. The third-order valence-electron chi connectivity index (χ3n) is 8.45. The molecule has 1 amide bonds. The number of thioether (sulfide) groups is 1. The van der Waals surface area contributed by atoms with E-state index in [2.05, 4.69) is 19.2 Å². The standard InChI is InChI=1S/C25H31BF3NO6S/c1-22(2)14-10-16(22)24(5)17(11-14)35-26(36-24)18(30-19(31)12-37-25(27,28)29)9-13-7-6-8-15-20(13)33-23(3,4)34-21(15)32/h6-8,14,16-18H,9-12H2,1-5H3,(H,30,31)/t14-,16+,17?,18-,24-/m0/s1. The molecule has 1 aromatic rings. The molecule has 1 unspecified atom stereocenters. The number of benzene rings is 1. The van der Waals surface area contributed by atoms with Crippen LogP contribution in [-0.2, 0) is 25.3 Å². The van der Waals surface area contributed by atoms with Crippen molar-refractivity contribution >= 4 is 30.8 Å². The first-order valence-electron chi connectivity index (χ1n) is 12.5. The summed E-state index contributed by atoms with van der Waals surface area (Å²) in [5.74, 6) is -3.01. The molecule has 2 bridgehead atoms. The average Bonchev–Trinajstić information content (AvgIpc) is 3.13. The van der Waals surface area contributed by atoms with E-state index in [1.165, 1.54) is 0 Å². The Morgan fingerprint density at radius 1 is 1.19 bits per heavy atom. The smallest absolute Gasteiger partial charge is 0.452 e. The first-order valence-corrected chi connectivity index (χ1v) is 13.5. The van der Waals surface area contributed by atoms with Crippen molar-refractivity contribution in [2.24, 2.45) is 17.3 Å². The van der Waals surface area contributed by atoms with E-state index >= 15 is 0 Å². The molecule has 0 spiro atoms. The number of amides is 1. The van der Waals surface area contributed by atoms with Gasteiger partial charge >= 0.3 is 18.6 Å². The quantitative estimate of drug-likeness (QED) is 0.419. The molecule has 5 atom stereocenters. The fraction of sp³-hybridized carbons (Fsp3) is 0.680. The number of ether oxygens (including phenoxy) is 2. The number of halogens is 3. The molecule has 5 aliphatic rings. The molecule has 1 N–H and O–H groups in total. The Bertz CT molecular complexity index is 1110. The molecule has 2 heterocycles. The molecule has 1 saturated heterocycles. The van der Waals surface area contributed by atoms with Crippen LogP contribution in [-0.4, -0.2) is 53.7 Å². The van der Waals surface area contributed by atoms with Crippen molar-refractivity contribution in [3.8, 4) is 5.75 Å². The van der Waals surface area contributed by atoms with Crippen LogP contribution in [0, 0.1) is 17.3 Å². The summed E-state index contributed by atoms with van der Waals surface area (Å²) in [6.07, 6.45) is 1.81. The second kappa shape index (κ2) is 8.81. The number of hydrogen-bond acceptors (Lipinski definition) is 7. The molecule has 37 heavy (non-hydrogen) atoms. The van der Waals surface area contributed by atoms with E-state index in [0.717, 1.165) is 12.8 Å². The molecule has 12 heteroatoms. The monoisotopic (exact) mass is 541 g/mol. The fourth-order valence-corrected chi connectivity index (χ4v) is 6.87. The van der Waals surface area contributed by atoms with Gasteiger partial charge in [-0.3, -0.25) is 4.79 Å². The van der Waals surface area contributed by atoms with Crippen molar-refractivity contribution < 1.29 is 41.5 Å². The molecule has 4 fully saturated rings. The SMILES string of the molecule is CC1(C)OC(=O)c2cccc(C[C@H](NC(=O)CSC(F)(F)F)B3OC4C[C@@H]5C[C@H](C5(C)C)[C@]4(C)O3)c2O1. The lowest BCUT2D eigenvalue weighted by atomic mass is 9.43. The Balaban J connectivity index is 1.42. The second-order valence-electron chi connectivity index (χ2n) is 11.6. The van der Waals surface area contributed by atoms with E-state index in [0.29, 0.717) is 17.2 Å². The maximum Gasteiger partial charge on any atom is 0.482 e. The Morgan fingerprint density at radius 2 is 1.92 bits per heavy atom. The third-order valence-corrected chi connectivity index (χ3v) is 9.19. The lowest BCUT2D eigenvalue weighted by Crippen LogP contribution is -2.65. The lowest BCUT2D eigenvalue weighted by molar-refractivity contribution is -0.199. The molecular formula is C25H31BF3NO6S. The van der Waals surface area contributed by atoms with E-state index in [-0.39, 0.29) is 29.4 Å². The van der Waals surface area contributed by atoms with E-state index in [1.807, 2.05) is 6.92 Å². The van der Waals surface area contributed by atoms with Crippen LogP contribution in [0.5, 0.6) is 5.75 Å². The van der Waals surface area contributed by atoms with Crippen LogP contribution < -0.4 is 10.1 Å². The van der Waals surface area contributed by atoms with Gasteiger partial charge in [-0.2, -0.15) is 13.2 Å². The summed E-state index contributed by atoms with van der Waals surface area (Å²) >= 11 is -0.398.